The molecule has 21 heavy (non-hydrogen) atoms. The van der Waals surface area contributed by atoms with E-state index in [9.17, 15) is 19.7 Å². The summed E-state index contributed by atoms with van der Waals surface area (Å²) < 4.78 is 1.38. The number of nitrogens with one attached hydrogen (secondary N) is 1. The van der Waals surface area contributed by atoms with Crippen molar-refractivity contribution in [1.29, 1.82) is 0 Å². The van der Waals surface area contributed by atoms with E-state index in [1.54, 1.807) is 0 Å². The number of hydrogen-bond donors (Lipinski definition) is 2. The minimum atomic E-state index is -1.24. The van der Waals surface area contributed by atoms with Gasteiger partial charge in [0.05, 0.1) is 21.7 Å². The number of aromatic nitrogens is 3. The molecule has 2 aromatic heterocycles. The molecule has 0 fully saturated rings. The highest BCUT2D eigenvalue weighted by molar-refractivity contribution is 5.89. The quantitative estimate of drug-likeness (QED) is 0.536. The van der Waals surface area contributed by atoms with Gasteiger partial charge in [0.15, 0.2) is 5.69 Å². The van der Waals surface area contributed by atoms with Crippen molar-refractivity contribution in [2.45, 2.75) is 6.92 Å². The molecule has 0 saturated heterocycles. The monoisotopic (exact) mass is 288 g/mol. The number of hydrogen-bond acceptors (Lipinski definition) is 5. The number of benzene rings is 1. The Morgan fingerprint density at radius 2 is 2.19 bits per heavy atom. The Hall–Kier alpha value is -3.23. The number of nitro benzene ring substituents is 1. The van der Waals surface area contributed by atoms with Crippen molar-refractivity contribution in [1.82, 2.24) is 14.4 Å². The third-order valence-electron chi connectivity index (χ3n) is 3.19. The number of carboxylic acids is 1. The third kappa shape index (κ3) is 1.75. The number of non-ortho nitro benzene ring substituents is 1. The fraction of sp³-hybridized carbons (Fsp3) is 0.0833. The summed E-state index contributed by atoms with van der Waals surface area (Å²) in [5.74, 6) is -1.24. The van der Waals surface area contributed by atoms with Gasteiger partial charge in [0.1, 0.15) is 0 Å². The second-order valence-electron chi connectivity index (χ2n) is 4.42. The first-order valence-corrected chi connectivity index (χ1v) is 5.83. The maximum atomic E-state index is 12.0. The molecule has 106 valence electrons. The molecule has 0 amide bonds. The number of nitro groups is 1. The summed E-state index contributed by atoms with van der Waals surface area (Å²) in [4.78, 5) is 39.5. The van der Waals surface area contributed by atoms with Crippen LogP contribution in [0.2, 0.25) is 0 Å². The largest absolute Gasteiger partial charge is 0.476 e. The van der Waals surface area contributed by atoms with E-state index in [0.717, 1.165) is 0 Å². The first kappa shape index (κ1) is 12.8. The highest BCUT2D eigenvalue weighted by Gasteiger charge is 2.19. The summed E-state index contributed by atoms with van der Waals surface area (Å²) in [5.41, 5.74) is -0.126. The molecule has 2 N–H and O–H groups in total. The van der Waals surface area contributed by atoms with Gasteiger partial charge >= 0.3 is 5.97 Å². The van der Waals surface area contributed by atoms with E-state index in [1.807, 2.05) is 0 Å². The van der Waals surface area contributed by atoms with Gasteiger partial charge in [-0.15, -0.1) is 0 Å². The van der Waals surface area contributed by atoms with Crippen molar-refractivity contribution < 1.29 is 14.8 Å². The number of fused-ring (bicyclic) bond motifs is 3. The van der Waals surface area contributed by atoms with E-state index < -0.39 is 16.5 Å². The van der Waals surface area contributed by atoms with Crippen molar-refractivity contribution in [3.05, 3.63) is 50.1 Å². The third-order valence-corrected chi connectivity index (χ3v) is 3.19. The predicted molar refractivity (Wildman–Crippen MR) is 71.7 cm³/mol. The van der Waals surface area contributed by atoms with Gasteiger partial charge in [0.25, 0.3) is 11.2 Å². The summed E-state index contributed by atoms with van der Waals surface area (Å²) in [7, 11) is 0. The smallest absolute Gasteiger partial charge is 0.356 e. The van der Waals surface area contributed by atoms with E-state index >= 15 is 0 Å². The lowest BCUT2D eigenvalue weighted by molar-refractivity contribution is -0.384. The number of H-pyrrole nitrogens is 1. The van der Waals surface area contributed by atoms with Gasteiger partial charge in [-0.05, 0) is 13.0 Å². The van der Waals surface area contributed by atoms with Gasteiger partial charge in [0, 0.05) is 12.1 Å². The lowest BCUT2D eigenvalue weighted by Crippen LogP contribution is -2.11. The van der Waals surface area contributed by atoms with Gasteiger partial charge in [0.2, 0.25) is 5.65 Å². The van der Waals surface area contributed by atoms with Gasteiger partial charge in [-0.3, -0.25) is 19.3 Å². The average Bonchev–Trinajstić information content (AvgIpc) is 2.77. The number of aromatic carboxylic acids is 1. The Kier molecular flexibility index (Phi) is 2.52. The Labute approximate surface area is 115 Å². The summed E-state index contributed by atoms with van der Waals surface area (Å²) >= 11 is 0. The summed E-state index contributed by atoms with van der Waals surface area (Å²) in [6.07, 6.45) is 0. The molecule has 1 aromatic carbocycles. The summed E-state index contributed by atoms with van der Waals surface area (Å²) in [6, 6.07) is 3.94. The van der Waals surface area contributed by atoms with Gasteiger partial charge in [-0.2, -0.15) is 0 Å². The predicted octanol–water partition coefficient (Wildman–Crippen LogP) is 1.09. The molecule has 0 unspecified atom stereocenters. The lowest BCUT2D eigenvalue weighted by Gasteiger charge is -2.03. The number of rotatable bonds is 2. The highest BCUT2D eigenvalue weighted by Crippen LogP contribution is 2.21. The van der Waals surface area contributed by atoms with Crippen LogP contribution < -0.4 is 5.56 Å². The van der Waals surface area contributed by atoms with Crippen molar-refractivity contribution in [2.24, 2.45) is 0 Å². The standard InChI is InChI=1S/C12H8N4O5/c1-5-9(12(18)19)14-10-11(17)13-7-4-6(16(20)21)2-3-8(7)15(5)10/h2-4H,1H3,(H,13,17)(H,18,19). The van der Waals surface area contributed by atoms with E-state index in [-0.39, 0.29) is 28.2 Å². The normalized spacial score (nSPS) is 11.1. The van der Waals surface area contributed by atoms with Crippen LogP contribution in [-0.4, -0.2) is 30.4 Å². The molecule has 0 aliphatic carbocycles. The van der Waals surface area contributed by atoms with E-state index in [1.165, 1.54) is 29.5 Å². The van der Waals surface area contributed by atoms with Crippen molar-refractivity contribution in [3.63, 3.8) is 0 Å². The fourth-order valence-corrected chi connectivity index (χ4v) is 2.26. The zero-order valence-corrected chi connectivity index (χ0v) is 10.7. The average molecular weight is 288 g/mol. The first-order chi connectivity index (χ1) is 9.90. The highest BCUT2D eigenvalue weighted by atomic mass is 16.6. The number of nitrogens with zero attached hydrogens (tertiary/aromatic N) is 3. The molecule has 9 nitrogen and oxygen atoms in total. The SMILES string of the molecule is Cc1c(C(=O)O)nc2c(=O)[nH]c3cc([N+](=O)[O-])ccc3n12. The zero-order valence-electron chi connectivity index (χ0n) is 10.7. The summed E-state index contributed by atoms with van der Waals surface area (Å²) in [5, 5.41) is 19.8. The van der Waals surface area contributed by atoms with E-state index in [2.05, 4.69) is 9.97 Å². The Morgan fingerprint density at radius 1 is 1.48 bits per heavy atom. The number of carboxylic acid groups (broad SMARTS) is 1. The van der Waals surface area contributed by atoms with Crippen molar-refractivity contribution in [2.75, 3.05) is 0 Å². The lowest BCUT2D eigenvalue weighted by atomic mass is 10.2. The van der Waals surface area contributed by atoms with Crippen LogP contribution in [0, 0.1) is 17.0 Å². The Morgan fingerprint density at radius 3 is 2.81 bits per heavy atom. The minimum absolute atomic E-state index is 0.0637. The fourth-order valence-electron chi connectivity index (χ4n) is 2.26. The summed E-state index contributed by atoms with van der Waals surface area (Å²) in [6.45, 7) is 1.52. The Balaban J connectivity index is 2.51. The molecule has 0 spiro atoms. The van der Waals surface area contributed by atoms with Crippen LogP contribution in [-0.2, 0) is 0 Å². The number of aryl methyl sites for hydroxylation is 1. The van der Waals surface area contributed by atoms with Gasteiger partial charge in [-0.25, -0.2) is 9.78 Å². The van der Waals surface area contributed by atoms with Crippen LogP contribution >= 0.6 is 0 Å². The molecule has 0 bridgehead atoms. The van der Waals surface area contributed by atoms with Crippen LogP contribution in [0.1, 0.15) is 16.2 Å². The Bertz CT molecular complexity index is 985. The van der Waals surface area contributed by atoms with Crippen LogP contribution in [0.25, 0.3) is 16.7 Å². The topological polar surface area (TPSA) is 131 Å². The van der Waals surface area contributed by atoms with Crippen LogP contribution in [0.3, 0.4) is 0 Å². The van der Waals surface area contributed by atoms with E-state index in [0.29, 0.717) is 5.52 Å². The maximum Gasteiger partial charge on any atom is 0.356 e. The van der Waals surface area contributed by atoms with Crippen LogP contribution in [0.15, 0.2) is 23.0 Å². The van der Waals surface area contributed by atoms with Crippen LogP contribution in [0.5, 0.6) is 0 Å². The van der Waals surface area contributed by atoms with E-state index in [4.69, 9.17) is 5.11 Å². The molecule has 3 rings (SSSR count). The molecular formula is C12H8N4O5. The molecule has 0 saturated carbocycles. The molecule has 9 heteroatoms. The molecule has 0 radical (unpaired) electrons. The minimum Gasteiger partial charge on any atom is -0.476 e. The number of aromatic amines is 1. The number of carbonyl (C=O) groups is 1. The van der Waals surface area contributed by atoms with Crippen LogP contribution in [0.4, 0.5) is 5.69 Å². The van der Waals surface area contributed by atoms with Crippen molar-refractivity contribution >= 4 is 28.3 Å². The molecule has 0 atom stereocenters. The van der Waals surface area contributed by atoms with Crippen molar-refractivity contribution in [3.8, 4) is 0 Å². The molecule has 0 aliphatic heterocycles. The molecular weight excluding hydrogens is 280 g/mol. The molecule has 0 aliphatic rings. The second-order valence-corrected chi connectivity index (χ2v) is 4.42. The molecule has 3 aromatic rings. The first-order valence-electron chi connectivity index (χ1n) is 5.83. The van der Waals surface area contributed by atoms with Gasteiger partial charge in [-0.1, -0.05) is 0 Å². The number of imidazole rings is 1. The second kappa shape index (κ2) is 4.13. The maximum absolute atomic E-state index is 12.0. The zero-order chi connectivity index (χ0) is 15.3. The van der Waals surface area contributed by atoms with Gasteiger partial charge < -0.3 is 10.1 Å². The molecule has 2 heterocycles.